The first-order chi connectivity index (χ1) is 9.51. The van der Waals surface area contributed by atoms with Crippen LogP contribution in [0.3, 0.4) is 0 Å². The van der Waals surface area contributed by atoms with Crippen molar-refractivity contribution in [3.63, 3.8) is 0 Å². The number of nitrogens with zero attached hydrogens (tertiary/aromatic N) is 3. The molecular weight excluding hydrogens is 250 g/mol. The summed E-state index contributed by atoms with van der Waals surface area (Å²) in [5.41, 5.74) is 0.983. The molecule has 1 heterocycles. The van der Waals surface area contributed by atoms with Crippen molar-refractivity contribution in [3.8, 4) is 17.1 Å². The highest BCUT2D eigenvalue weighted by molar-refractivity contribution is 5.56. The maximum absolute atomic E-state index is 5.18. The predicted molar refractivity (Wildman–Crippen MR) is 80.0 cm³/mol. The lowest BCUT2D eigenvalue weighted by atomic mass is 10.1. The van der Waals surface area contributed by atoms with Gasteiger partial charge in [0.05, 0.1) is 7.11 Å². The number of ether oxygens (including phenoxy) is 1. The fraction of sp³-hybridized carbons (Fsp3) is 0.438. The fourth-order valence-electron chi connectivity index (χ4n) is 1.79. The van der Waals surface area contributed by atoms with Gasteiger partial charge < -0.3 is 4.74 Å². The summed E-state index contributed by atoms with van der Waals surface area (Å²) in [6.45, 7) is 8.38. The molecule has 0 fully saturated rings. The molecule has 1 aromatic carbocycles. The number of rotatable bonds is 4. The predicted octanol–water partition coefficient (Wildman–Crippen LogP) is 3.79. The van der Waals surface area contributed by atoms with Crippen molar-refractivity contribution in [1.29, 1.82) is 0 Å². The van der Waals surface area contributed by atoms with Gasteiger partial charge in [-0.05, 0) is 24.3 Å². The molecule has 0 N–H and O–H groups in total. The molecule has 0 unspecified atom stereocenters. The number of hydrogen-bond donors (Lipinski definition) is 0. The SMILES string of the molecule is COc1ccc(-c2nc(C(C)C)nc(C(C)C)n2)cc1. The van der Waals surface area contributed by atoms with E-state index < -0.39 is 0 Å². The summed E-state index contributed by atoms with van der Waals surface area (Å²) >= 11 is 0. The van der Waals surface area contributed by atoms with E-state index in [1.807, 2.05) is 24.3 Å². The lowest BCUT2D eigenvalue weighted by Gasteiger charge is -2.11. The molecule has 4 nitrogen and oxygen atoms in total. The summed E-state index contributed by atoms with van der Waals surface area (Å²) in [4.78, 5) is 13.7. The highest BCUT2D eigenvalue weighted by atomic mass is 16.5. The van der Waals surface area contributed by atoms with E-state index in [0.717, 1.165) is 28.8 Å². The zero-order chi connectivity index (χ0) is 14.7. The minimum atomic E-state index is 0.285. The lowest BCUT2D eigenvalue weighted by Crippen LogP contribution is -2.08. The van der Waals surface area contributed by atoms with Gasteiger partial charge in [0, 0.05) is 17.4 Å². The molecule has 0 bridgehead atoms. The van der Waals surface area contributed by atoms with Gasteiger partial charge in [-0.25, -0.2) is 15.0 Å². The molecule has 1 aromatic heterocycles. The molecule has 0 spiro atoms. The molecule has 2 aromatic rings. The van der Waals surface area contributed by atoms with Gasteiger partial charge in [-0.3, -0.25) is 0 Å². The number of hydrogen-bond acceptors (Lipinski definition) is 4. The third-order valence-corrected chi connectivity index (χ3v) is 3.05. The second-order valence-electron chi connectivity index (χ2n) is 5.41. The van der Waals surface area contributed by atoms with Crippen molar-refractivity contribution >= 4 is 0 Å². The van der Waals surface area contributed by atoms with E-state index in [9.17, 15) is 0 Å². The molecular formula is C16H21N3O. The summed E-state index contributed by atoms with van der Waals surface area (Å²) < 4.78 is 5.18. The highest BCUT2D eigenvalue weighted by Gasteiger charge is 2.13. The first-order valence-corrected chi connectivity index (χ1v) is 6.91. The van der Waals surface area contributed by atoms with Gasteiger partial charge in [-0.1, -0.05) is 27.7 Å². The van der Waals surface area contributed by atoms with Crippen LogP contribution in [0.15, 0.2) is 24.3 Å². The van der Waals surface area contributed by atoms with Gasteiger partial charge in [0.15, 0.2) is 5.82 Å². The largest absolute Gasteiger partial charge is 0.497 e. The molecule has 0 saturated heterocycles. The maximum Gasteiger partial charge on any atom is 0.163 e. The number of aromatic nitrogens is 3. The highest BCUT2D eigenvalue weighted by Crippen LogP contribution is 2.22. The summed E-state index contributed by atoms with van der Waals surface area (Å²) in [5.74, 6) is 3.81. The topological polar surface area (TPSA) is 47.9 Å². The Morgan fingerprint density at radius 3 is 1.70 bits per heavy atom. The van der Waals surface area contributed by atoms with Crippen LogP contribution in [0.4, 0.5) is 0 Å². The first-order valence-electron chi connectivity index (χ1n) is 6.91. The third-order valence-electron chi connectivity index (χ3n) is 3.05. The summed E-state index contributed by atoms with van der Waals surface area (Å²) in [6.07, 6.45) is 0. The van der Waals surface area contributed by atoms with Crippen LogP contribution >= 0.6 is 0 Å². The monoisotopic (exact) mass is 271 g/mol. The average molecular weight is 271 g/mol. The Labute approximate surface area is 120 Å². The minimum Gasteiger partial charge on any atom is -0.497 e. The minimum absolute atomic E-state index is 0.285. The van der Waals surface area contributed by atoms with E-state index in [1.54, 1.807) is 7.11 Å². The quantitative estimate of drug-likeness (QED) is 0.848. The van der Waals surface area contributed by atoms with Crippen LogP contribution in [0, 0.1) is 0 Å². The van der Waals surface area contributed by atoms with Crippen molar-refractivity contribution in [2.45, 2.75) is 39.5 Å². The summed E-state index contributed by atoms with van der Waals surface area (Å²) in [5, 5.41) is 0. The van der Waals surface area contributed by atoms with E-state index in [0.29, 0.717) is 0 Å². The van der Waals surface area contributed by atoms with Crippen LogP contribution in [-0.4, -0.2) is 22.1 Å². The van der Waals surface area contributed by atoms with Crippen LogP contribution in [0.1, 0.15) is 51.2 Å². The molecule has 0 aliphatic heterocycles. The van der Waals surface area contributed by atoms with E-state index in [4.69, 9.17) is 4.74 Å². The molecule has 106 valence electrons. The molecule has 0 aliphatic rings. The zero-order valence-corrected chi connectivity index (χ0v) is 12.7. The van der Waals surface area contributed by atoms with Gasteiger partial charge in [0.1, 0.15) is 17.4 Å². The summed E-state index contributed by atoms with van der Waals surface area (Å²) in [7, 11) is 1.66. The van der Waals surface area contributed by atoms with Crippen LogP contribution in [0.5, 0.6) is 5.75 Å². The average Bonchev–Trinajstić information content (AvgIpc) is 2.46. The second kappa shape index (κ2) is 5.99. The third kappa shape index (κ3) is 3.13. The number of methoxy groups -OCH3 is 1. The van der Waals surface area contributed by atoms with Crippen molar-refractivity contribution < 1.29 is 4.74 Å². The Bertz CT molecular complexity index is 551. The summed E-state index contributed by atoms with van der Waals surface area (Å²) in [6, 6.07) is 7.79. The van der Waals surface area contributed by atoms with Gasteiger partial charge in [0.2, 0.25) is 0 Å². The molecule has 2 rings (SSSR count). The lowest BCUT2D eigenvalue weighted by molar-refractivity contribution is 0.415. The Balaban J connectivity index is 2.48. The Morgan fingerprint density at radius 2 is 1.30 bits per heavy atom. The van der Waals surface area contributed by atoms with Crippen LogP contribution < -0.4 is 4.74 Å². The van der Waals surface area contributed by atoms with Gasteiger partial charge in [0.25, 0.3) is 0 Å². The molecule has 0 radical (unpaired) electrons. The van der Waals surface area contributed by atoms with E-state index in [1.165, 1.54) is 0 Å². The zero-order valence-electron chi connectivity index (χ0n) is 12.7. The first kappa shape index (κ1) is 14.4. The van der Waals surface area contributed by atoms with Crippen LogP contribution in [-0.2, 0) is 0 Å². The van der Waals surface area contributed by atoms with E-state index in [2.05, 4.69) is 42.6 Å². The normalized spacial score (nSPS) is 11.2. The molecule has 0 saturated carbocycles. The van der Waals surface area contributed by atoms with Crippen molar-refractivity contribution in [2.24, 2.45) is 0 Å². The Kier molecular flexibility index (Phi) is 4.32. The molecule has 0 atom stereocenters. The van der Waals surface area contributed by atoms with Crippen LogP contribution in [0.2, 0.25) is 0 Å². The van der Waals surface area contributed by atoms with E-state index >= 15 is 0 Å². The second-order valence-corrected chi connectivity index (χ2v) is 5.41. The molecule has 0 amide bonds. The molecule has 4 heteroatoms. The molecule has 0 aliphatic carbocycles. The fourth-order valence-corrected chi connectivity index (χ4v) is 1.79. The van der Waals surface area contributed by atoms with Gasteiger partial charge in [-0.15, -0.1) is 0 Å². The van der Waals surface area contributed by atoms with Crippen molar-refractivity contribution in [3.05, 3.63) is 35.9 Å². The molecule has 20 heavy (non-hydrogen) atoms. The van der Waals surface area contributed by atoms with Gasteiger partial charge >= 0.3 is 0 Å². The Morgan fingerprint density at radius 1 is 0.800 bits per heavy atom. The Hall–Kier alpha value is -1.97. The number of benzene rings is 1. The van der Waals surface area contributed by atoms with Gasteiger partial charge in [-0.2, -0.15) is 0 Å². The van der Waals surface area contributed by atoms with E-state index in [-0.39, 0.29) is 11.8 Å². The van der Waals surface area contributed by atoms with Crippen molar-refractivity contribution in [2.75, 3.05) is 7.11 Å². The smallest absolute Gasteiger partial charge is 0.163 e. The standard InChI is InChI=1S/C16H21N3O/c1-10(2)14-17-15(11(3)4)19-16(18-14)12-6-8-13(20-5)9-7-12/h6-11H,1-5H3. The maximum atomic E-state index is 5.18. The van der Waals surface area contributed by atoms with Crippen molar-refractivity contribution in [1.82, 2.24) is 15.0 Å². The van der Waals surface area contributed by atoms with Crippen LogP contribution in [0.25, 0.3) is 11.4 Å².